The Morgan fingerprint density at radius 1 is 1.07 bits per heavy atom. The normalized spacial score (nSPS) is 12.4. The van der Waals surface area contributed by atoms with Crippen LogP contribution >= 0.6 is 0 Å². The molecule has 0 spiro atoms. The first-order valence-electron chi connectivity index (χ1n) is 8.23. The van der Waals surface area contributed by atoms with E-state index >= 15 is 0 Å². The van der Waals surface area contributed by atoms with E-state index in [1.54, 1.807) is 16.6 Å². The van der Waals surface area contributed by atoms with Crippen molar-refractivity contribution < 1.29 is 17.9 Å². The maximum Gasteiger partial charge on any atom is 0.422 e. The van der Waals surface area contributed by atoms with Gasteiger partial charge in [0, 0.05) is 24.2 Å². The van der Waals surface area contributed by atoms with Crippen molar-refractivity contribution >= 4 is 11.5 Å². The van der Waals surface area contributed by atoms with Crippen LogP contribution in [0.1, 0.15) is 32.2 Å². The van der Waals surface area contributed by atoms with E-state index in [0.29, 0.717) is 18.0 Å². The zero-order valence-corrected chi connectivity index (χ0v) is 15.1. The molecule has 1 N–H and O–H groups in total. The molecule has 0 aliphatic rings. The number of ether oxygens (including phenoxy) is 1. The monoisotopic (exact) mass is 380 g/mol. The standard InChI is InChI=1S/C17H19F3N6O/c1-16(2,3)15-24-23-13-6-5-12(25-26(13)15)21-8-11-4-7-14(22-9-11)27-10-17(18,19)20/h4-7,9H,8,10H2,1-3H3,(H,21,25). The van der Waals surface area contributed by atoms with Crippen LogP contribution in [0.5, 0.6) is 5.88 Å². The fourth-order valence-electron chi connectivity index (χ4n) is 2.30. The van der Waals surface area contributed by atoms with E-state index in [-0.39, 0.29) is 11.3 Å². The van der Waals surface area contributed by atoms with Gasteiger partial charge in [0.1, 0.15) is 5.82 Å². The number of rotatable bonds is 5. The lowest BCUT2D eigenvalue weighted by molar-refractivity contribution is -0.154. The number of aromatic nitrogens is 5. The van der Waals surface area contributed by atoms with Crippen LogP contribution in [0.25, 0.3) is 5.65 Å². The Hall–Kier alpha value is -2.91. The molecule has 0 saturated heterocycles. The van der Waals surface area contributed by atoms with Gasteiger partial charge in [-0.3, -0.25) is 0 Å². The summed E-state index contributed by atoms with van der Waals surface area (Å²) in [6.45, 7) is 5.12. The second-order valence-corrected chi connectivity index (χ2v) is 7.02. The van der Waals surface area contributed by atoms with Crippen LogP contribution in [0.15, 0.2) is 30.5 Å². The Balaban J connectivity index is 1.66. The lowest BCUT2D eigenvalue weighted by atomic mass is 9.96. The van der Waals surface area contributed by atoms with Gasteiger partial charge in [-0.05, 0) is 17.7 Å². The van der Waals surface area contributed by atoms with E-state index in [1.807, 2.05) is 26.8 Å². The Morgan fingerprint density at radius 2 is 1.85 bits per heavy atom. The number of pyridine rings is 1. The van der Waals surface area contributed by atoms with Gasteiger partial charge in [-0.25, -0.2) is 4.98 Å². The summed E-state index contributed by atoms with van der Waals surface area (Å²) in [7, 11) is 0. The minimum atomic E-state index is -4.39. The molecule has 3 aromatic heterocycles. The maximum absolute atomic E-state index is 12.1. The highest BCUT2D eigenvalue weighted by atomic mass is 19.4. The molecule has 0 atom stereocenters. The molecule has 10 heteroatoms. The van der Waals surface area contributed by atoms with Gasteiger partial charge in [-0.15, -0.1) is 15.3 Å². The van der Waals surface area contributed by atoms with Crippen LogP contribution in [0, 0.1) is 0 Å². The second-order valence-electron chi connectivity index (χ2n) is 7.02. The molecule has 0 radical (unpaired) electrons. The molecule has 0 aromatic carbocycles. The van der Waals surface area contributed by atoms with Crippen LogP contribution in [0.2, 0.25) is 0 Å². The van der Waals surface area contributed by atoms with Crippen molar-refractivity contribution in [1.29, 1.82) is 0 Å². The fourth-order valence-corrected chi connectivity index (χ4v) is 2.30. The van der Waals surface area contributed by atoms with Crippen molar-refractivity contribution in [3.05, 3.63) is 41.9 Å². The highest BCUT2D eigenvalue weighted by Crippen LogP contribution is 2.21. The van der Waals surface area contributed by atoms with Crippen LogP contribution in [-0.4, -0.2) is 37.6 Å². The first-order chi connectivity index (χ1) is 12.6. The van der Waals surface area contributed by atoms with Crippen molar-refractivity contribution in [2.24, 2.45) is 0 Å². The summed E-state index contributed by atoms with van der Waals surface area (Å²) in [5.74, 6) is 1.29. The molecule has 0 aliphatic heterocycles. The Kier molecular flexibility index (Phi) is 4.90. The quantitative estimate of drug-likeness (QED) is 0.731. The topological polar surface area (TPSA) is 77.2 Å². The number of nitrogens with zero attached hydrogens (tertiary/aromatic N) is 5. The molecule has 0 bridgehead atoms. The van der Waals surface area contributed by atoms with E-state index in [9.17, 15) is 13.2 Å². The number of fused-ring (bicyclic) bond motifs is 1. The predicted molar refractivity (Wildman–Crippen MR) is 92.6 cm³/mol. The molecule has 0 saturated carbocycles. The zero-order valence-electron chi connectivity index (χ0n) is 15.1. The number of anilines is 1. The van der Waals surface area contributed by atoms with Crippen LogP contribution in [0.3, 0.4) is 0 Å². The summed E-state index contributed by atoms with van der Waals surface area (Å²) < 4.78 is 42.7. The van der Waals surface area contributed by atoms with E-state index in [4.69, 9.17) is 0 Å². The first kappa shape index (κ1) is 18.9. The lowest BCUT2D eigenvalue weighted by Gasteiger charge is -2.15. The second kappa shape index (κ2) is 7.01. The predicted octanol–water partition coefficient (Wildman–Crippen LogP) is 3.37. The van der Waals surface area contributed by atoms with Crippen LogP contribution < -0.4 is 10.1 Å². The van der Waals surface area contributed by atoms with Gasteiger partial charge in [0.05, 0.1) is 0 Å². The molecule has 144 valence electrons. The van der Waals surface area contributed by atoms with Crippen molar-refractivity contribution in [3.8, 4) is 5.88 Å². The number of nitrogens with one attached hydrogen (secondary N) is 1. The first-order valence-corrected chi connectivity index (χ1v) is 8.23. The summed E-state index contributed by atoms with van der Waals surface area (Å²) in [5, 5.41) is 15.9. The summed E-state index contributed by atoms with van der Waals surface area (Å²) in [5.41, 5.74) is 1.22. The summed E-state index contributed by atoms with van der Waals surface area (Å²) in [4.78, 5) is 3.87. The maximum atomic E-state index is 12.1. The molecule has 0 unspecified atom stereocenters. The van der Waals surface area contributed by atoms with E-state index in [2.05, 4.69) is 30.3 Å². The lowest BCUT2D eigenvalue weighted by Crippen LogP contribution is -2.19. The number of halogens is 3. The van der Waals surface area contributed by atoms with Gasteiger partial charge in [0.25, 0.3) is 0 Å². The molecule has 0 fully saturated rings. The van der Waals surface area contributed by atoms with E-state index in [1.165, 1.54) is 12.3 Å². The third-order valence-corrected chi connectivity index (χ3v) is 3.59. The van der Waals surface area contributed by atoms with Crippen molar-refractivity contribution in [1.82, 2.24) is 24.8 Å². The van der Waals surface area contributed by atoms with E-state index < -0.39 is 12.8 Å². The highest BCUT2D eigenvalue weighted by molar-refractivity contribution is 5.44. The van der Waals surface area contributed by atoms with Gasteiger partial charge >= 0.3 is 6.18 Å². The average Bonchev–Trinajstić information content (AvgIpc) is 3.02. The Morgan fingerprint density at radius 3 is 2.48 bits per heavy atom. The van der Waals surface area contributed by atoms with Crippen LogP contribution in [-0.2, 0) is 12.0 Å². The minimum absolute atomic E-state index is 0.0741. The number of hydrogen-bond acceptors (Lipinski definition) is 6. The zero-order chi connectivity index (χ0) is 19.7. The van der Waals surface area contributed by atoms with Crippen molar-refractivity contribution in [2.75, 3.05) is 11.9 Å². The summed E-state index contributed by atoms with van der Waals surface area (Å²) >= 11 is 0. The van der Waals surface area contributed by atoms with Gasteiger partial charge in [-0.2, -0.15) is 17.7 Å². The average molecular weight is 380 g/mol. The summed E-state index contributed by atoms with van der Waals surface area (Å²) in [6.07, 6.45) is -2.93. The fraction of sp³-hybridized carbons (Fsp3) is 0.412. The van der Waals surface area contributed by atoms with E-state index in [0.717, 1.165) is 11.4 Å². The third-order valence-electron chi connectivity index (χ3n) is 3.59. The molecule has 0 amide bonds. The molecule has 3 rings (SSSR count). The molecule has 27 heavy (non-hydrogen) atoms. The van der Waals surface area contributed by atoms with Crippen molar-refractivity contribution in [3.63, 3.8) is 0 Å². The summed E-state index contributed by atoms with van der Waals surface area (Å²) in [6, 6.07) is 6.63. The van der Waals surface area contributed by atoms with Gasteiger partial charge < -0.3 is 10.1 Å². The SMILES string of the molecule is CC(C)(C)c1nnc2ccc(NCc3ccc(OCC(F)(F)F)nc3)nn12. The van der Waals surface area contributed by atoms with Gasteiger partial charge in [-0.1, -0.05) is 26.8 Å². The molecule has 3 aromatic rings. The number of hydrogen-bond donors (Lipinski definition) is 1. The highest BCUT2D eigenvalue weighted by Gasteiger charge is 2.28. The molecule has 7 nitrogen and oxygen atoms in total. The third kappa shape index (κ3) is 4.83. The Labute approximate surface area is 153 Å². The van der Waals surface area contributed by atoms with Gasteiger partial charge in [0.2, 0.25) is 5.88 Å². The largest absolute Gasteiger partial charge is 0.468 e. The molecular weight excluding hydrogens is 361 g/mol. The Bertz CT molecular complexity index is 915. The van der Waals surface area contributed by atoms with Crippen molar-refractivity contribution in [2.45, 2.75) is 38.9 Å². The van der Waals surface area contributed by atoms with Crippen LogP contribution in [0.4, 0.5) is 19.0 Å². The molecule has 3 heterocycles. The minimum Gasteiger partial charge on any atom is -0.468 e. The van der Waals surface area contributed by atoms with Gasteiger partial charge in [0.15, 0.2) is 18.1 Å². The molecule has 0 aliphatic carbocycles. The smallest absolute Gasteiger partial charge is 0.422 e. The molecular formula is C17H19F3N6O. The number of alkyl halides is 3.